The molecule has 3 aromatic rings. The summed E-state index contributed by atoms with van der Waals surface area (Å²) >= 11 is 0. The second kappa shape index (κ2) is 31.2. The molecule has 6 rings (SSSR count). The van der Waals surface area contributed by atoms with E-state index in [0.29, 0.717) is 68.6 Å². The molecule has 0 bridgehead atoms. The molecule has 458 valence electrons. The van der Waals surface area contributed by atoms with Crippen molar-refractivity contribution in [1.82, 2.24) is 55.2 Å². The summed E-state index contributed by atoms with van der Waals surface area (Å²) in [6.45, 7) is 1.04. The quantitative estimate of drug-likeness (QED) is 0.0447. The van der Waals surface area contributed by atoms with Gasteiger partial charge in [0.05, 0.1) is 63.0 Å². The highest BCUT2D eigenvalue weighted by atomic mass is 32.3. The number of carboxylic acid groups (broad SMARTS) is 3. The number of piperazine rings is 1. The Morgan fingerprint density at radius 1 is 0.726 bits per heavy atom. The normalized spacial score (nSPS) is 18.3. The van der Waals surface area contributed by atoms with Gasteiger partial charge in [0, 0.05) is 115 Å². The maximum atomic E-state index is 14.4. The molecule has 3 fully saturated rings. The summed E-state index contributed by atoms with van der Waals surface area (Å²) in [4.78, 5) is 118. The van der Waals surface area contributed by atoms with E-state index >= 15 is 0 Å². The maximum absolute atomic E-state index is 14.4. The Morgan fingerprint density at radius 3 is 1.90 bits per heavy atom. The van der Waals surface area contributed by atoms with Crippen LogP contribution in [0.25, 0.3) is 10.9 Å². The van der Waals surface area contributed by atoms with Crippen LogP contribution in [0.2, 0.25) is 0 Å². The molecule has 3 saturated heterocycles. The number of pyridine rings is 1. The van der Waals surface area contributed by atoms with Crippen LogP contribution in [-0.2, 0) is 39.3 Å². The van der Waals surface area contributed by atoms with Gasteiger partial charge in [0.15, 0.2) is 0 Å². The van der Waals surface area contributed by atoms with E-state index in [0.717, 1.165) is 17.0 Å². The van der Waals surface area contributed by atoms with E-state index in [4.69, 9.17) is 4.74 Å². The van der Waals surface area contributed by atoms with Gasteiger partial charge < -0.3 is 50.0 Å². The molecule has 2 atom stereocenters. The predicted octanol–water partition coefficient (Wildman–Crippen LogP) is -0.209. The van der Waals surface area contributed by atoms with Crippen molar-refractivity contribution in [2.24, 2.45) is 0 Å². The van der Waals surface area contributed by atoms with Crippen molar-refractivity contribution in [1.29, 1.82) is 5.26 Å². The first-order valence-electron chi connectivity index (χ1n) is 27.2. The molecule has 3 aliphatic rings. The fourth-order valence-corrected chi connectivity index (χ4v) is 10.3. The monoisotopic (exact) mass is 1200 g/mol. The van der Waals surface area contributed by atoms with Gasteiger partial charge in [-0.15, -0.1) is 0 Å². The number of nitriles is 1. The topological polar surface area (TPSA) is 345 Å². The lowest BCUT2D eigenvalue weighted by atomic mass is 10.1. The summed E-state index contributed by atoms with van der Waals surface area (Å²) in [5.74, 6) is -9.50. The smallest absolute Gasteiger partial charge is 0.488 e. The van der Waals surface area contributed by atoms with E-state index in [2.05, 4.69) is 30.0 Å². The number of amides is 5. The number of alkyl halides is 2. The van der Waals surface area contributed by atoms with Crippen LogP contribution in [0.4, 0.5) is 12.7 Å². The van der Waals surface area contributed by atoms with Crippen LogP contribution in [0.3, 0.4) is 0 Å². The van der Waals surface area contributed by atoms with E-state index < -0.39 is 95.3 Å². The standard InChI is InChI=1S/C53H69F3N12O15S/c54-53(55)29-38(30-57)68(36-53)46(70)31-60-51(78)41-10-12-58-43-9-8-39(28-42(41)43)82-26-4-13-62-22-24-67(25-23-62)52(79)44(7-1-2-11-59-50(77)37-5-3-6-40(27-37)83-84(56,80)81)61-45(69)32-63-14-16-64(33-47(71)72)18-20-66(35-49(75)76)21-19-65(17-15-63)34-48(73)74/h3,5-6,8-10,12,27-28,38,44H,1-2,4,7,11,13-26,29,31-36H2,(H,59,77)(H,60,78)(H,61,69)(H,71,72)(H,73,74)(H,75,76). The van der Waals surface area contributed by atoms with Crippen molar-refractivity contribution >= 4 is 68.9 Å². The Balaban J connectivity index is 1.05. The Hall–Kier alpha value is -7.76. The third-order valence-electron chi connectivity index (χ3n) is 14.2. The Morgan fingerprint density at radius 2 is 1.32 bits per heavy atom. The highest BCUT2D eigenvalue weighted by Crippen LogP contribution is 2.32. The van der Waals surface area contributed by atoms with Crippen LogP contribution < -0.4 is 24.9 Å². The molecule has 84 heavy (non-hydrogen) atoms. The summed E-state index contributed by atoms with van der Waals surface area (Å²) in [7, 11) is -5.34. The number of nitrogens with one attached hydrogen (secondary N) is 3. The van der Waals surface area contributed by atoms with Gasteiger partial charge in [0.25, 0.3) is 17.7 Å². The lowest BCUT2D eigenvalue weighted by Crippen LogP contribution is -2.56. The minimum Gasteiger partial charge on any atom is -0.494 e. The minimum absolute atomic E-state index is 0.00655. The molecule has 0 aliphatic carbocycles. The molecule has 4 heterocycles. The van der Waals surface area contributed by atoms with Crippen LogP contribution in [0.5, 0.6) is 11.5 Å². The SMILES string of the molecule is N#CC1CC(F)(F)CN1C(=O)CNC(=O)c1ccnc2ccc(OCCCN3CCN(C(=O)C(CCCCNC(=O)c4cccc(OS(=O)(=O)F)c4)NC(=O)CN4CCN(CC(=O)O)CCN(CC(=O)O)CCN(CC(=O)O)CC4)CC3)cc12. The first-order chi connectivity index (χ1) is 39.9. The van der Waals surface area contributed by atoms with Crippen molar-refractivity contribution in [3.63, 3.8) is 0 Å². The molecule has 2 aromatic carbocycles. The Bertz CT molecular complexity index is 2960. The number of likely N-dealkylation sites (tertiary alicyclic amines) is 1. The molecule has 27 nitrogen and oxygen atoms in total. The molecule has 0 radical (unpaired) electrons. The van der Waals surface area contributed by atoms with Crippen LogP contribution in [0.1, 0.15) is 52.8 Å². The molecular formula is C53H69F3N12O15S. The molecule has 2 unspecified atom stereocenters. The van der Waals surface area contributed by atoms with Crippen LogP contribution in [0.15, 0.2) is 54.7 Å². The van der Waals surface area contributed by atoms with Crippen LogP contribution >= 0.6 is 0 Å². The number of rotatable bonds is 26. The van der Waals surface area contributed by atoms with E-state index in [1.165, 1.54) is 24.4 Å². The number of hydrogen-bond donors (Lipinski definition) is 6. The zero-order valence-corrected chi connectivity index (χ0v) is 46.9. The lowest BCUT2D eigenvalue weighted by molar-refractivity contribution is -0.140. The number of carbonyl (C=O) groups is 8. The molecular weight excluding hydrogens is 1130 g/mol. The third kappa shape index (κ3) is 21.5. The Kier molecular flexibility index (Phi) is 24.3. The minimum atomic E-state index is -5.34. The first-order valence-corrected chi connectivity index (χ1v) is 28.5. The number of hydrogen-bond acceptors (Lipinski definition) is 19. The number of fused-ring (bicyclic) bond motifs is 1. The highest BCUT2D eigenvalue weighted by molar-refractivity contribution is 7.81. The van der Waals surface area contributed by atoms with Crippen molar-refractivity contribution in [2.45, 2.75) is 50.1 Å². The number of carbonyl (C=O) groups excluding carboxylic acids is 5. The number of aromatic nitrogens is 1. The van der Waals surface area contributed by atoms with Gasteiger partial charge in [-0.1, -0.05) is 9.95 Å². The van der Waals surface area contributed by atoms with Crippen molar-refractivity contribution < 1.29 is 83.7 Å². The summed E-state index contributed by atoms with van der Waals surface area (Å²) in [6, 6.07) is 10.7. The summed E-state index contributed by atoms with van der Waals surface area (Å²) in [6.07, 6.45) is 1.99. The predicted molar refractivity (Wildman–Crippen MR) is 292 cm³/mol. The number of ether oxygens (including phenoxy) is 1. The number of carboxylic acids is 3. The second-order valence-corrected chi connectivity index (χ2v) is 21.4. The fraction of sp³-hybridized carbons (Fsp3) is 0.547. The van der Waals surface area contributed by atoms with Crippen molar-refractivity contribution in [3.05, 3.63) is 65.9 Å². The fourth-order valence-electron chi connectivity index (χ4n) is 9.92. The summed E-state index contributed by atoms with van der Waals surface area (Å²) in [5.41, 5.74) is 0.605. The van der Waals surface area contributed by atoms with Gasteiger partial charge in [-0.05, 0) is 68.1 Å². The Labute approximate surface area is 482 Å². The van der Waals surface area contributed by atoms with E-state index in [1.54, 1.807) is 48.8 Å². The number of halogens is 3. The van der Waals surface area contributed by atoms with Gasteiger partial charge in [-0.2, -0.15) is 13.7 Å². The molecule has 6 N–H and O–H groups in total. The van der Waals surface area contributed by atoms with Gasteiger partial charge >= 0.3 is 28.4 Å². The van der Waals surface area contributed by atoms with E-state index in [1.807, 2.05) is 0 Å². The lowest BCUT2D eigenvalue weighted by Gasteiger charge is -2.37. The third-order valence-corrected chi connectivity index (χ3v) is 14.6. The molecule has 31 heteroatoms. The van der Waals surface area contributed by atoms with Gasteiger partial charge in [0.2, 0.25) is 17.7 Å². The summed E-state index contributed by atoms with van der Waals surface area (Å²) < 4.78 is 73.2. The number of benzene rings is 2. The number of aliphatic carboxylic acids is 3. The number of unbranched alkanes of at least 4 members (excludes halogenated alkanes) is 1. The van der Waals surface area contributed by atoms with E-state index in [9.17, 15) is 80.0 Å². The zero-order valence-electron chi connectivity index (χ0n) is 46.0. The second-order valence-electron chi connectivity index (χ2n) is 20.5. The molecule has 1 aromatic heterocycles. The van der Waals surface area contributed by atoms with Gasteiger partial charge in [-0.3, -0.25) is 67.8 Å². The molecule has 0 spiro atoms. The largest absolute Gasteiger partial charge is 0.494 e. The summed E-state index contributed by atoms with van der Waals surface area (Å²) in [5, 5.41) is 46.5. The van der Waals surface area contributed by atoms with Gasteiger partial charge in [-0.25, -0.2) is 8.78 Å². The average Bonchev–Trinajstić information content (AvgIpc) is 3.24. The van der Waals surface area contributed by atoms with Crippen LogP contribution in [0, 0.1) is 11.3 Å². The van der Waals surface area contributed by atoms with Crippen molar-refractivity contribution in [2.75, 3.05) is 138 Å². The highest BCUT2D eigenvalue weighted by Gasteiger charge is 2.47. The van der Waals surface area contributed by atoms with Crippen molar-refractivity contribution in [3.8, 4) is 17.6 Å². The molecule has 0 saturated carbocycles. The molecule has 5 amide bonds. The molecule has 3 aliphatic heterocycles. The first kappa shape index (κ1) is 65.4. The van der Waals surface area contributed by atoms with Crippen LogP contribution in [-0.4, -0.2) is 266 Å². The maximum Gasteiger partial charge on any atom is 0.488 e. The number of nitrogens with zero attached hydrogens (tertiary/aromatic N) is 9. The van der Waals surface area contributed by atoms with Gasteiger partial charge in [0.1, 0.15) is 23.6 Å². The average molecular weight is 1200 g/mol. The zero-order chi connectivity index (χ0) is 61.0. The van der Waals surface area contributed by atoms with E-state index in [-0.39, 0.29) is 115 Å².